The minimum Gasteiger partial charge on any atom is -0.507 e. The van der Waals surface area contributed by atoms with Crippen LogP contribution in [0.4, 0.5) is 0 Å². The quantitative estimate of drug-likeness (QED) is 0.666. The Hall–Kier alpha value is -2.29. The summed E-state index contributed by atoms with van der Waals surface area (Å²) in [5.74, 6) is 1.11. The highest BCUT2D eigenvalue weighted by atomic mass is 16.3. The molecule has 0 spiro atoms. The summed E-state index contributed by atoms with van der Waals surface area (Å²) in [7, 11) is 0. The molecule has 17 heavy (non-hydrogen) atoms. The van der Waals surface area contributed by atoms with Gasteiger partial charge in [0.2, 0.25) is 0 Å². The molecule has 0 bridgehead atoms. The highest BCUT2D eigenvalue weighted by Gasteiger charge is 2.11. The second-order valence-corrected chi connectivity index (χ2v) is 4.06. The number of aromatic hydroxyl groups is 1. The van der Waals surface area contributed by atoms with Gasteiger partial charge in [0.15, 0.2) is 0 Å². The Labute approximate surface area is 98.8 Å². The van der Waals surface area contributed by atoms with E-state index >= 15 is 0 Å². The van der Waals surface area contributed by atoms with Crippen LogP contribution in [0.25, 0.3) is 22.2 Å². The molecular formula is C14H12N2O. The largest absolute Gasteiger partial charge is 0.507 e. The van der Waals surface area contributed by atoms with E-state index in [2.05, 4.69) is 9.97 Å². The molecule has 0 saturated carbocycles. The summed E-state index contributed by atoms with van der Waals surface area (Å²) in [5.41, 5.74) is 1.78. The molecule has 1 heterocycles. The van der Waals surface area contributed by atoms with Crippen LogP contribution in [-0.4, -0.2) is 15.1 Å². The standard InChI is InChI=1S/C14H12N2O/c1-9-12(14-15-6-7-16-14)8-10-4-2-3-5-11(10)13(9)17/h2-8,17H,1H3,(H,15,16). The fourth-order valence-corrected chi connectivity index (χ4v) is 2.09. The van der Waals surface area contributed by atoms with Crippen LogP contribution in [0.15, 0.2) is 42.7 Å². The van der Waals surface area contributed by atoms with Gasteiger partial charge in [0.25, 0.3) is 0 Å². The van der Waals surface area contributed by atoms with E-state index < -0.39 is 0 Å². The Morgan fingerprint density at radius 2 is 2.06 bits per heavy atom. The molecule has 0 aliphatic heterocycles. The maximum absolute atomic E-state index is 10.2. The van der Waals surface area contributed by atoms with Gasteiger partial charge in [-0.3, -0.25) is 0 Å². The van der Waals surface area contributed by atoms with E-state index in [-0.39, 0.29) is 0 Å². The number of aromatic amines is 1. The molecular weight excluding hydrogens is 212 g/mol. The maximum atomic E-state index is 10.2. The van der Waals surface area contributed by atoms with Gasteiger partial charge < -0.3 is 10.1 Å². The SMILES string of the molecule is Cc1c(-c2ncc[nH]2)cc2ccccc2c1O. The summed E-state index contributed by atoms with van der Waals surface area (Å²) in [5, 5.41) is 12.1. The average molecular weight is 224 g/mol. The second kappa shape index (κ2) is 3.63. The van der Waals surface area contributed by atoms with Gasteiger partial charge >= 0.3 is 0 Å². The Balaban J connectivity index is 2.37. The number of phenolic OH excluding ortho intramolecular Hbond substituents is 1. The van der Waals surface area contributed by atoms with Crippen molar-refractivity contribution < 1.29 is 5.11 Å². The van der Waals surface area contributed by atoms with Crippen molar-refractivity contribution in [2.24, 2.45) is 0 Å². The molecule has 3 aromatic rings. The van der Waals surface area contributed by atoms with Gasteiger partial charge in [-0.15, -0.1) is 0 Å². The van der Waals surface area contributed by atoms with Crippen molar-refractivity contribution in [3.05, 3.63) is 48.3 Å². The Kier molecular flexibility index (Phi) is 2.11. The zero-order valence-corrected chi connectivity index (χ0v) is 9.44. The van der Waals surface area contributed by atoms with Crippen LogP contribution in [0.3, 0.4) is 0 Å². The van der Waals surface area contributed by atoms with E-state index in [1.807, 2.05) is 37.3 Å². The number of phenols is 1. The third-order valence-corrected chi connectivity index (χ3v) is 3.03. The molecule has 84 valence electrons. The molecule has 3 rings (SSSR count). The average Bonchev–Trinajstić information content (AvgIpc) is 2.87. The first-order valence-electron chi connectivity index (χ1n) is 5.48. The van der Waals surface area contributed by atoms with Crippen LogP contribution in [-0.2, 0) is 0 Å². The lowest BCUT2D eigenvalue weighted by Crippen LogP contribution is -1.88. The van der Waals surface area contributed by atoms with Crippen LogP contribution in [0.5, 0.6) is 5.75 Å². The van der Waals surface area contributed by atoms with E-state index in [0.29, 0.717) is 5.75 Å². The molecule has 0 radical (unpaired) electrons. The van der Waals surface area contributed by atoms with Crippen molar-refractivity contribution in [2.75, 3.05) is 0 Å². The molecule has 0 fully saturated rings. The van der Waals surface area contributed by atoms with Crippen LogP contribution in [0.1, 0.15) is 5.56 Å². The number of nitrogens with zero attached hydrogens (tertiary/aromatic N) is 1. The highest BCUT2D eigenvalue weighted by Crippen LogP contribution is 2.34. The van der Waals surface area contributed by atoms with Gasteiger partial charge in [0.1, 0.15) is 11.6 Å². The monoisotopic (exact) mass is 224 g/mol. The maximum Gasteiger partial charge on any atom is 0.137 e. The molecule has 2 aromatic carbocycles. The van der Waals surface area contributed by atoms with E-state index in [1.54, 1.807) is 12.4 Å². The van der Waals surface area contributed by atoms with Gasteiger partial charge in [-0.05, 0) is 18.4 Å². The van der Waals surface area contributed by atoms with Crippen LogP contribution in [0.2, 0.25) is 0 Å². The lowest BCUT2D eigenvalue weighted by Gasteiger charge is -2.09. The number of rotatable bonds is 1. The van der Waals surface area contributed by atoms with Crippen LogP contribution >= 0.6 is 0 Å². The number of hydrogen-bond donors (Lipinski definition) is 2. The zero-order chi connectivity index (χ0) is 11.8. The van der Waals surface area contributed by atoms with Crippen molar-refractivity contribution in [2.45, 2.75) is 6.92 Å². The number of nitrogens with one attached hydrogen (secondary N) is 1. The zero-order valence-electron chi connectivity index (χ0n) is 9.44. The van der Waals surface area contributed by atoms with Gasteiger partial charge in [0, 0.05) is 28.9 Å². The first-order valence-corrected chi connectivity index (χ1v) is 5.48. The molecule has 3 heteroatoms. The number of hydrogen-bond acceptors (Lipinski definition) is 2. The normalized spacial score (nSPS) is 10.9. The molecule has 1 aromatic heterocycles. The Bertz CT molecular complexity index is 672. The summed E-state index contributed by atoms with van der Waals surface area (Å²) >= 11 is 0. The van der Waals surface area contributed by atoms with Gasteiger partial charge in [-0.1, -0.05) is 24.3 Å². The van der Waals surface area contributed by atoms with Crippen molar-refractivity contribution >= 4 is 10.8 Å². The predicted molar refractivity (Wildman–Crippen MR) is 67.9 cm³/mol. The van der Waals surface area contributed by atoms with E-state index in [0.717, 1.165) is 27.7 Å². The summed E-state index contributed by atoms with van der Waals surface area (Å²) in [6.07, 6.45) is 3.49. The van der Waals surface area contributed by atoms with Gasteiger partial charge in [-0.2, -0.15) is 0 Å². The molecule has 0 aliphatic rings. The third-order valence-electron chi connectivity index (χ3n) is 3.03. The number of aromatic nitrogens is 2. The topological polar surface area (TPSA) is 48.9 Å². The van der Waals surface area contributed by atoms with E-state index in [1.165, 1.54) is 0 Å². The number of fused-ring (bicyclic) bond motifs is 1. The molecule has 0 amide bonds. The van der Waals surface area contributed by atoms with Crippen LogP contribution < -0.4 is 0 Å². The first kappa shape index (κ1) is 9.90. The third kappa shape index (κ3) is 1.47. The van der Waals surface area contributed by atoms with Crippen molar-refractivity contribution in [3.63, 3.8) is 0 Å². The molecule has 0 aliphatic carbocycles. The second-order valence-electron chi connectivity index (χ2n) is 4.06. The van der Waals surface area contributed by atoms with E-state index in [9.17, 15) is 5.11 Å². The summed E-state index contributed by atoms with van der Waals surface area (Å²) in [6, 6.07) is 9.84. The predicted octanol–water partition coefficient (Wildman–Crippen LogP) is 3.24. The van der Waals surface area contributed by atoms with Gasteiger partial charge in [0.05, 0.1) is 0 Å². The lowest BCUT2D eigenvalue weighted by atomic mass is 10.00. The fourth-order valence-electron chi connectivity index (χ4n) is 2.09. The Morgan fingerprint density at radius 3 is 2.82 bits per heavy atom. The van der Waals surface area contributed by atoms with E-state index in [4.69, 9.17) is 0 Å². The number of H-pyrrole nitrogens is 1. The summed E-state index contributed by atoms with van der Waals surface area (Å²) in [4.78, 5) is 7.29. The number of benzene rings is 2. The number of imidazole rings is 1. The van der Waals surface area contributed by atoms with Crippen molar-refractivity contribution in [1.29, 1.82) is 0 Å². The molecule has 3 nitrogen and oxygen atoms in total. The van der Waals surface area contributed by atoms with Crippen molar-refractivity contribution in [1.82, 2.24) is 9.97 Å². The molecule has 0 saturated heterocycles. The molecule has 0 atom stereocenters. The summed E-state index contributed by atoms with van der Waals surface area (Å²) in [6.45, 7) is 1.90. The Morgan fingerprint density at radius 1 is 1.24 bits per heavy atom. The minimum absolute atomic E-state index is 0.328. The van der Waals surface area contributed by atoms with Crippen LogP contribution in [0, 0.1) is 6.92 Å². The smallest absolute Gasteiger partial charge is 0.137 e. The van der Waals surface area contributed by atoms with Crippen molar-refractivity contribution in [3.8, 4) is 17.1 Å². The first-order chi connectivity index (χ1) is 8.27. The summed E-state index contributed by atoms with van der Waals surface area (Å²) < 4.78 is 0. The highest BCUT2D eigenvalue weighted by molar-refractivity contribution is 5.93. The lowest BCUT2D eigenvalue weighted by molar-refractivity contribution is 0.478. The minimum atomic E-state index is 0.328. The molecule has 2 N–H and O–H groups in total. The fraction of sp³-hybridized carbons (Fsp3) is 0.0714. The van der Waals surface area contributed by atoms with Gasteiger partial charge in [-0.25, -0.2) is 4.98 Å². The molecule has 0 unspecified atom stereocenters.